The topological polar surface area (TPSA) is 52.5 Å². The quantitative estimate of drug-likeness (QED) is 0.788. The minimum Gasteiger partial charge on any atom is -0.454 e. The van der Waals surface area contributed by atoms with Gasteiger partial charge in [0.2, 0.25) is 6.79 Å². The highest BCUT2D eigenvalue weighted by Gasteiger charge is 2.16. The summed E-state index contributed by atoms with van der Waals surface area (Å²) in [7, 11) is 0. The predicted octanol–water partition coefficient (Wildman–Crippen LogP) is 2.97. The monoisotopic (exact) mass is 348 g/mol. The largest absolute Gasteiger partial charge is 0.454 e. The number of para-hydroxylation sites is 1. The second-order valence-electron chi connectivity index (χ2n) is 6.88. The maximum absolute atomic E-state index is 12.9. The Bertz CT molecular complexity index is 1060. The Morgan fingerprint density at radius 3 is 2.92 bits per heavy atom. The molecule has 0 aliphatic carbocycles. The van der Waals surface area contributed by atoms with Crippen LogP contribution >= 0.6 is 0 Å². The fourth-order valence-corrected chi connectivity index (χ4v) is 3.94. The number of nitrogens with one attached hydrogen (secondary N) is 1. The van der Waals surface area contributed by atoms with Crippen LogP contribution in [0, 0.1) is 0 Å². The van der Waals surface area contributed by atoms with E-state index >= 15 is 0 Å². The molecule has 2 aliphatic rings. The number of pyridine rings is 1. The van der Waals surface area contributed by atoms with Crippen LogP contribution in [0.25, 0.3) is 10.9 Å². The van der Waals surface area contributed by atoms with E-state index in [1.165, 1.54) is 5.56 Å². The average molecular weight is 348 g/mol. The van der Waals surface area contributed by atoms with Crippen LogP contribution in [0.2, 0.25) is 0 Å². The van der Waals surface area contributed by atoms with E-state index in [1.807, 2.05) is 28.8 Å². The van der Waals surface area contributed by atoms with E-state index < -0.39 is 0 Å². The fourth-order valence-electron chi connectivity index (χ4n) is 3.94. The number of nitrogens with zero attached hydrogens (tertiary/aromatic N) is 1. The number of hydrogen-bond acceptors (Lipinski definition) is 4. The summed E-state index contributed by atoms with van der Waals surface area (Å²) in [5.74, 6) is 1.57. The van der Waals surface area contributed by atoms with Crippen molar-refractivity contribution in [2.45, 2.75) is 32.5 Å². The van der Waals surface area contributed by atoms with Crippen LogP contribution in [-0.2, 0) is 26.1 Å². The lowest BCUT2D eigenvalue weighted by Gasteiger charge is -2.20. The first-order valence-corrected chi connectivity index (χ1v) is 9.03. The molecule has 0 saturated carbocycles. The molecule has 5 heteroatoms. The van der Waals surface area contributed by atoms with Crippen LogP contribution in [0.1, 0.15) is 23.1 Å². The number of fused-ring (bicyclic) bond motifs is 1. The molecule has 0 fully saturated rings. The molecule has 2 aliphatic heterocycles. The van der Waals surface area contributed by atoms with Crippen LogP contribution in [0.15, 0.2) is 47.3 Å². The molecule has 0 unspecified atom stereocenters. The zero-order valence-corrected chi connectivity index (χ0v) is 14.5. The number of benzene rings is 2. The van der Waals surface area contributed by atoms with Gasteiger partial charge in [-0.25, -0.2) is 0 Å². The van der Waals surface area contributed by atoms with Crippen molar-refractivity contribution in [2.24, 2.45) is 0 Å². The Kier molecular flexibility index (Phi) is 3.68. The molecule has 132 valence electrons. The average Bonchev–Trinajstić information content (AvgIpc) is 3.13. The van der Waals surface area contributed by atoms with Crippen molar-refractivity contribution < 1.29 is 9.47 Å². The van der Waals surface area contributed by atoms with Gasteiger partial charge in [-0.05, 0) is 47.6 Å². The maximum Gasteiger partial charge on any atom is 0.255 e. The Balaban J connectivity index is 1.38. The zero-order chi connectivity index (χ0) is 17.5. The Morgan fingerprint density at radius 2 is 1.96 bits per heavy atom. The summed E-state index contributed by atoms with van der Waals surface area (Å²) in [4.78, 5) is 12.9. The molecular weight excluding hydrogens is 328 g/mol. The summed E-state index contributed by atoms with van der Waals surface area (Å²) in [5, 5.41) is 4.54. The normalized spacial score (nSPS) is 14.8. The Labute approximate surface area is 151 Å². The van der Waals surface area contributed by atoms with Gasteiger partial charge in [-0.3, -0.25) is 4.79 Å². The van der Waals surface area contributed by atoms with E-state index in [4.69, 9.17) is 9.47 Å². The number of hydrogen-bond donors (Lipinski definition) is 1. The number of rotatable bonds is 4. The second kappa shape index (κ2) is 6.18. The lowest BCUT2D eigenvalue weighted by molar-refractivity contribution is 0.174. The van der Waals surface area contributed by atoms with Crippen LogP contribution in [-0.4, -0.2) is 11.4 Å². The summed E-state index contributed by atoms with van der Waals surface area (Å²) in [6.45, 7) is 2.31. The molecule has 5 nitrogen and oxygen atoms in total. The highest BCUT2D eigenvalue weighted by atomic mass is 16.7. The van der Waals surface area contributed by atoms with Gasteiger partial charge in [-0.2, -0.15) is 0 Å². The highest BCUT2D eigenvalue weighted by Crippen LogP contribution is 2.32. The Morgan fingerprint density at radius 1 is 1.04 bits per heavy atom. The van der Waals surface area contributed by atoms with Crippen molar-refractivity contribution in [3.63, 3.8) is 0 Å². The molecule has 0 saturated heterocycles. The van der Waals surface area contributed by atoms with E-state index in [-0.39, 0.29) is 12.4 Å². The van der Waals surface area contributed by atoms with Crippen LogP contribution < -0.4 is 20.3 Å². The first kappa shape index (κ1) is 15.5. The summed E-state index contributed by atoms with van der Waals surface area (Å²) < 4.78 is 12.7. The molecule has 1 N–H and O–H groups in total. The summed E-state index contributed by atoms with van der Waals surface area (Å²) in [6, 6.07) is 14.3. The molecule has 2 aromatic carbocycles. The van der Waals surface area contributed by atoms with Gasteiger partial charge >= 0.3 is 0 Å². The van der Waals surface area contributed by atoms with Crippen molar-refractivity contribution in [3.8, 4) is 11.5 Å². The van der Waals surface area contributed by atoms with Crippen molar-refractivity contribution in [3.05, 3.63) is 69.5 Å². The number of aryl methyl sites for hydroxylation is 2. The van der Waals surface area contributed by atoms with E-state index in [0.29, 0.717) is 13.1 Å². The van der Waals surface area contributed by atoms with Gasteiger partial charge in [-0.1, -0.05) is 24.3 Å². The van der Waals surface area contributed by atoms with E-state index in [2.05, 4.69) is 23.5 Å². The molecule has 26 heavy (non-hydrogen) atoms. The molecule has 0 atom stereocenters. The molecule has 0 spiro atoms. The van der Waals surface area contributed by atoms with Gasteiger partial charge in [0.05, 0.1) is 5.52 Å². The summed E-state index contributed by atoms with van der Waals surface area (Å²) in [6.07, 6.45) is 2.08. The Hall–Kier alpha value is -2.79. The third-order valence-electron chi connectivity index (χ3n) is 5.18. The fraction of sp³-hybridized carbons (Fsp3) is 0.286. The third kappa shape index (κ3) is 2.56. The van der Waals surface area contributed by atoms with E-state index in [9.17, 15) is 4.79 Å². The molecule has 3 aromatic rings. The number of ether oxygens (including phenoxy) is 2. The molecule has 1 aromatic heterocycles. The molecule has 0 bridgehead atoms. The van der Waals surface area contributed by atoms with E-state index in [0.717, 1.165) is 52.9 Å². The molecular formula is C21H20N2O3. The van der Waals surface area contributed by atoms with Crippen molar-refractivity contribution in [1.29, 1.82) is 0 Å². The SMILES string of the molecule is O=c1c(CNCc2ccc3c(c2)OCO3)cc2cccc3c2n1CCC3. The number of aromatic nitrogens is 1. The first-order valence-electron chi connectivity index (χ1n) is 9.03. The van der Waals surface area contributed by atoms with E-state index in [1.54, 1.807) is 0 Å². The highest BCUT2D eigenvalue weighted by molar-refractivity contribution is 5.83. The van der Waals surface area contributed by atoms with Crippen LogP contribution in [0.4, 0.5) is 0 Å². The van der Waals surface area contributed by atoms with Gasteiger partial charge in [0.15, 0.2) is 11.5 Å². The molecule has 0 amide bonds. The standard InChI is InChI=1S/C21H20N2O3/c24-21-17(10-16-4-1-3-15-5-2-8-23(21)20(15)16)12-22-11-14-6-7-18-19(9-14)26-13-25-18/h1,3-4,6-7,9-10,22H,2,5,8,11-13H2. The predicted molar refractivity (Wildman–Crippen MR) is 99.6 cm³/mol. The smallest absolute Gasteiger partial charge is 0.255 e. The van der Waals surface area contributed by atoms with Crippen LogP contribution in [0.5, 0.6) is 11.5 Å². The van der Waals surface area contributed by atoms with Gasteiger partial charge in [-0.15, -0.1) is 0 Å². The first-order chi connectivity index (χ1) is 12.8. The second-order valence-corrected chi connectivity index (χ2v) is 6.88. The van der Waals surface area contributed by atoms with Crippen molar-refractivity contribution in [2.75, 3.05) is 6.79 Å². The van der Waals surface area contributed by atoms with Crippen LogP contribution in [0.3, 0.4) is 0 Å². The third-order valence-corrected chi connectivity index (χ3v) is 5.18. The lowest BCUT2D eigenvalue weighted by Crippen LogP contribution is -2.29. The maximum atomic E-state index is 12.9. The summed E-state index contributed by atoms with van der Waals surface area (Å²) in [5.41, 5.74) is 4.45. The molecule has 5 rings (SSSR count). The van der Waals surface area contributed by atoms with Crippen molar-refractivity contribution >= 4 is 10.9 Å². The molecule has 3 heterocycles. The van der Waals surface area contributed by atoms with Gasteiger partial charge in [0.1, 0.15) is 0 Å². The molecule has 0 radical (unpaired) electrons. The van der Waals surface area contributed by atoms with Gasteiger partial charge < -0.3 is 19.4 Å². The minimum absolute atomic E-state index is 0.128. The zero-order valence-electron chi connectivity index (χ0n) is 14.5. The summed E-state index contributed by atoms with van der Waals surface area (Å²) >= 11 is 0. The minimum atomic E-state index is 0.128. The van der Waals surface area contributed by atoms with Crippen molar-refractivity contribution in [1.82, 2.24) is 9.88 Å². The van der Waals surface area contributed by atoms with Gasteiger partial charge in [0, 0.05) is 25.2 Å². The van der Waals surface area contributed by atoms with Gasteiger partial charge in [0.25, 0.3) is 5.56 Å². The lowest BCUT2D eigenvalue weighted by atomic mass is 10.00.